The summed E-state index contributed by atoms with van der Waals surface area (Å²) in [6.07, 6.45) is 0. The highest BCUT2D eigenvalue weighted by molar-refractivity contribution is 6.30. The van der Waals surface area contributed by atoms with Crippen molar-refractivity contribution in [3.63, 3.8) is 0 Å². The Morgan fingerprint density at radius 2 is 2.09 bits per heavy atom. The van der Waals surface area contributed by atoms with Crippen molar-refractivity contribution >= 4 is 17.3 Å². The number of nitrogens with one attached hydrogen (secondary N) is 1. The van der Waals surface area contributed by atoms with Gasteiger partial charge in [0.15, 0.2) is 0 Å². The molecule has 0 aromatic heterocycles. The van der Waals surface area contributed by atoms with E-state index >= 15 is 0 Å². The zero-order valence-corrected chi connectivity index (χ0v) is 7.17. The van der Waals surface area contributed by atoms with Gasteiger partial charge in [-0.1, -0.05) is 11.6 Å². The first-order chi connectivity index (χ1) is 5.16. The maximum absolute atomic E-state index is 13.0. The molecular weight excluding hydrogens is 165 g/mol. The van der Waals surface area contributed by atoms with Gasteiger partial charge >= 0.3 is 0 Å². The summed E-state index contributed by atoms with van der Waals surface area (Å²) in [5.41, 5.74) is 1.33. The molecule has 0 fully saturated rings. The highest BCUT2D eigenvalue weighted by atomic mass is 35.5. The normalized spacial score (nSPS) is 9.82. The van der Waals surface area contributed by atoms with Gasteiger partial charge in [0.2, 0.25) is 0 Å². The summed E-state index contributed by atoms with van der Waals surface area (Å²) in [6.45, 7) is 1.69. The van der Waals surface area contributed by atoms with Crippen molar-refractivity contribution in [3.8, 4) is 0 Å². The molecule has 1 N–H and O–H groups in total. The van der Waals surface area contributed by atoms with E-state index in [0.29, 0.717) is 5.56 Å². The van der Waals surface area contributed by atoms with E-state index in [1.807, 2.05) is 0 Å². The lowest BCUT2D eigenvalue weighted by Crippen LogP contribution is -1.94. The molecule has 0 heterocycles. The molecule has 0 unspecified atom stereocenters. The van der Waals surface area contributed by atoms with Crippen molar-refractivity contribution in [2.24, 2.45) is 0 Å². The smallest absolute Gasteiger partial charge is 0.146 e. The summed E-state index contributed by atoms with van der Waals surface area (Å²) in [7, 11) is 1.75. The fourth-order valence-corrected chi connectivity index (χ4v) is 1.13. The van der Waals surface area contributed by atoms with Crippen LogP contribution in [-0.2, 0) is 0 Å². The van der Waals surface area contributed by atoms with Gasteiger partial charge < -0.3 is 5.32 Å². The minimum absolute atomic E-state index is 0.168. The van der Waals surface area contributed by atoms with Gasteiger partial charge in [0.1, 0.15) is 5.82 Å². The summed E-state index contributed by atoms with van der Waals surface area (Å²) in [5.74, 6) is -0.349. The molecule has 0 aliphatic carbocycles. The van der Waals surface area contributed by atoms with E-state index in [-0.39, 0.29) is 10.8 Å². The molecule has 1 nitrogen and oxygen atoms in total. The second-order valence-corrected chi connectivity index (χ2v) is 2.69. The highest BCUT2D eigenvalue weighted by Gasteiger charge is 2.05. The molecule has 0 atom stereocenters. The Morgan fingerprint density at radius 3 is 2.64 bits per heavy atom. The molecule has 1 aromatic rings. The van der Waals surface area contributed by atoms with Crippen molar-refractivity contribution in [2.75, 3.05) is 12.4 Å². The fourth-order valence-electron chi connectivity index (χ4n) is 0.923. The average molecular weight is 174 g/mol. The average Bonchev–Trinajstić information content (AvgIpc) is 2.01. The van der Waals surface area contributed by atoms with Crippen LogP contribution in [0.2, 0.25) is 5.02 Å². The first-order valence-corrected chi connectivity index (χ1v) is 3.67. The van der Waals surface area contributed by atoms with Crippen LogP contribution in [0.25, 0.3) is 0 Å². The zero-order chi connectivity index (χ0) is 8.43. The van der Waals surface area contributed by atoms with Gasteiger partial charge in [0.05, 0.1) is 5.02 Å². The van der Waals surface area contributed by atoms with E-state index in [1.165, 1.54) is 6.07 Å². The third-order valence-corrected chi connectivity index (χ3v) is 1.90. The van der Waals surface area contributed by atoms with Crippen LogP contribution in [0.5, 0.6) is 0 Å². The number of halogens is 2. The Morgan fingerprint density at radius 1 is 1.45 bits per heavy atom. The topological polar surface area (TPSA) is 12.0 Å². The first-order valence-electron chi connectivity index (χ1n) is 3.29. The zero-order valence-electron chi connectivity index (χ0n) is 6.41. The Bertz CT molecular complexity index is 273. The van der Waals surface area contributed by atoms with Crippen molar-refractivity contribution in [1.82, 2.24) is 0 Å². The van der Waals surface area contributed by atoms with Gasteiger partial charge in [0, 0.05) is 18.3 Å². The molecule has 11 heavy (non-hydrogen) atoms. The Labute approximate surface area is 70.2 Å². The van der Waals surface area contributed by atoms with Crippen LogP contribution in [0, 0.1) is 12.7 Å². The standard InChI is InChI=1S/C8H9ClFN/c1-5-7(11-2)4-3-6(9)8(5)10/h3-4,11H,1-2H3. The van der Waals surface area contributed by atoms with E-state index in [4.69, 9.17) is 11.6 Å². The Kier molecular flexibility index (Phi) is 2.35. The van der Waals surface area contributed by atoms with Gasteiger partial charge in [-0.3, -0.25) is 0 Å². The second-order valence-electron chi connectivity index (χ2n) is 2.28. The largest absolute Gasteiger partial charge is 0.388 e. The minimum Gasteiger partial charge on any atom is -0.388 e. The molecule has 1 aromatic carbocycles. The van der Waals surface area contributed by atoms with E-state index in [0.717, 1.165) is 5.69 Å². The lowest BCUT2D eigenvalue weighted by Gasteiger charge is -2.05. The van der Waals surface area contributed by atoms with Crippen molar-refractivity contribution < 1.29 is 4.39 Å². The first kappa shape index (κ1) is 8.34. The fraction of sp³-hybridized carbons (Fsp3) is 0.250. The van der Waals surface area contributed by atoms with Crippen molar-refractivity contribution in [2.45, 2.75) is 6.92 Å². The van der Waals surface area contributed by atoms with E-state index in [2.05, 4.69) is 5.32 Å². The molecule has 0 saturated carbocycles. The minimum atomic E-state index is -0.349. The lowest BCUT2D eigenvalue weighted by atomic mass is 10.2. The van der Waals surface area contributed by atoms with E-state index < -0.39 is 0 Å². The Hall–Kier alpha value is -0.760. The predicted molar refractivity (Wildman–Crippen MR) is 45.7 cm³/mol. The quantitative estimate of drug-likeness (QED) is 0.689. The third-order valence-electron chi connectivity index (χ3n) is 1.61. The SMILES string of the molecule is CNc1ccc(Cl)c(F)c1C. The number of hydrogen-bond donors (Lipinski definition) is 1. The van der Waals surface area contributed by atoms with Crippen LogP contribution >= 0.6 is 11.6 Å². The molecule has 0 amide bonds. The molecule has 0 spiro atoms. The monoisotopic (exact) mass is 173 g/mol. The van der Waals surface area contributed by atoms with Crippen LogP contribution in [0.4, 0.5) is 10.1 Å². The lowest BCUT2D eigenvalue weighted by molar-refractivity contribution is 0.619. The molecule has 0 aliphatic rings. The van der Waals surface area contributed by atoms with Crippen LogP contribution in [0.3, 0.4) is 0 Å². The maximum Gasteiger partial charge on any atom is 0.146 e. The number of benzene rings is 1. The van der Waals surface area contributed by atoms with Gasteiger partial charge in [-0.15, -0.1) is 0 Å². The summed E-state index contributed by atoms with van der Waals surface area (Å²) in [4.78, 5) is 0. The molecule has 3 heteroatoms. The number of hydrogen-bond acceptors (Lipinski definition) is 1. The van der Waals surface area contributed by atoms with Crippen molar-refractivity contribution in [3.05, 3.63) is 28.5 Å². The molecule has 0 radical (unpaired) electrons. The van der Waals surface area contributed by atoms with E-state index in [9.17, 15) is 4.39 Å². The van der Waals surface area contributed by atoms with Gasteiger partial charge in [-0.2, -0.15) is 0 Å². The molecule has 60 valence electrons. The molecule has 1 rings (SSSR count). The summed E-state index contributed by atoms with van der Waals surface area (Å²) >= 11 is 5.54. The van der Waals surface area contributed by atoms with Crippen LogP contribution < -0.4 is 5.32 Å². The van der Waals surface area contributed by atoms with Crippen LogP contribution in [0.1, 0.15) is 5.56 Å². The molecule has 0 aliphatic heterocycles. The maximum atomic E-state index is 13.0. The van der Waals surface area contributed by atoms with Gasteiger partial charge in [-0.25, -0.2) is 4.39 Å². The number of rotatable bonds is 1. The molecular formula is C8H9ClFN. The van der Waals surface area contributed by atoms with Crippen molar-refractivity contribution in [1.29, 1.82) is 0 Å². The van der Waals surface area contributed by atoms with Gasteiger partial charge in [-0.05, 0) is 19.1 Å². The summed E-state index contributed by atoms with van der Waals surface area (Å²) in [6, 6.07) is 3.29. The summed E-state index contributed by atoms with van der Waals surface area (Å²) in [5, 5.41) is 3.03. The second kappa shape index (κ2) is 3.09. The number of anilines is 1. The van der Waals surface area contributed by atoms with Crippen LogP contribution in [0.15, 0.2) is 12.1 Å². The Balaban J connectivity index is 3.25. The third kappa shape index (κ3) is 1.46. The highest BCUT2D eigenvalue weighted by Crippen LogP contribution is 2.23. The predicted octanol–water partition coefficient (Wildman–Crippen LogP) is 2.83. The molecule has 0 bridgehead atoms. The molecule has 0 saturated heterocycles. The summed E-state index contributed by atoms with van der Waals surface area (Å²) < 4.78 is 13.0. The van der Waals surface area contributed by atoms with Gasteiger partial charge in [0.25, 0.3) is 0 Å². The van der Waals surface area contributed by atoms with E-state index in [1.54, 1.807) is 20.0 Å². The van der Waals surface area contributed by atoms with Crippen LogP contribution in [-0.4, -0.2) is 7.05 Å².